The quantitative estimate of drug-likeness (QED) is 0.522. The Hall–Kier alpha value is -0.420. The zero-order valence-corrected chi connectivity index (χ0v) is 8.10. The molecule has 1 N–H and O–H groups in total. The average molecular weight is 194 g/mol. The van der Waals surface area contributed by atoms with Crippen molar-refractivity contribution >= 4 is 17.0 Å². The van der Waals surface area contributed by atoms with E-state index in [1.165, 1.54) is 0 Å². The molecule has 0 aliphatic carbocycles. The SMILES string of the molecule is CCCC(C(=O)OCC)S(=O)O. The lowest BCUT2D eigenvalue weighted by atomic mass is 10.2. The van der Waals surface area contributed by atoms with Gasteiger partial charge in [-0.2, -0.15) is 0 Å². The lowest BCUT2D eigenvalue weighted by molar-refractivity contribution is -0.142. The van der Waals surface area contributed by atoms with E-state index in [1.807, 2.05) is 6.92 Å². The van der Waals surface area contributed by atoms with Crippen molar-refractivity contribution in [2.24, 2.45) is 0 Å². The van der Waals surface area contributed by atoms with Gasteiger partial charge in [0.1, 0.15) is 0 Å². The highest BCUT2D eigenvalue weighted by Crippen LogP contribution is 2.05. The molecular weight excluding hydrogens is 180 g/mol. The van der Waals surface area contributed by atoms with Gasteiger partial charge >= 0.3 is 5.97 Å². The van der Waals surface area contributed by atoms with E-state index >= 15 is 0 Å². The summed E-state index contributed by atoms with van der Waals surface area (Å²) in [6.45, 7) is 3.76. The Kier molecular flexibility index (Phi) is 5.92. The van der Waals surface area contributed by atoms with E-state index in [-0.39, 0.29) is 6.61 Å². The predicted octanol–water partition coefficient (Wildman–Crippen LogP) is 0.940. The largest absolute Gasteiger partial charge is 0.465 e. The standard InChI is InChI=1S/C7H14O4S/c1-3-5-6(12(9)10)7(8)11-4-2/h6H,3-5H2,1-2H3,(H,9,10). The second-order valence-corrected chi connectivity index (χ2v) is 3.43. The van der Waals surface area contributed by atoms with Crippen molar-refractivity contribution in [2.45, 2.75) is 31.9 Å². The molecule has 0 aromatic carbocycles. The number of carbonyl (C=O) groups excluding carboxylic acids is 1. The summed E-state index contributed by atoms with van der Waals surface area (Å²) in [5, 5.41) is -0.880. The number of rotatable bonds is 5. The van der Waals surface area contributed by atoms with Crippen molar-refractivity contribution in [1.82, 2.24) is 0 Å². The van der Waals surface area contributed by atoms with Crippen LogP contribution >= 0.6 is 0 Å². The fraction of sp³-hybridized carbons (Fsp3) is 0.857. The number of ether oxygens (including phenoxy) is 1. The molecule has 0 aliphatic heterocycles. The summed E-state index contributed by atoms with van der Waals surface area (Å²) in [7, 11) is 0. The number of carbonyl (C=O) groups is 1. The third-order valence-corrected chi connectivity index (χ3v) is 2.26. The van der Waals surface area contributed by atoms with Crippen molar-refractivity contribution in [3.05, 3.63) is 0 Å². The first-order valence-electron chi connectivity index (χ1n) is 3.89. The third-order valence-electron chi connectivity index (χ3n) is 1.34. The first-order chi connectivity index (χ1) is 5.63. The van der Waals surface area contributed by atoms with E-state index < -0.39 is 22.3 Å². The highest BCUT2D eigenvalue weighted by molar-refractivity contribution is 7.80. The van der Waals surface area contributed by atoms with Crippen LogP contribution in [0.3, 0.4) is 0 Å². The van der Waals surface area contributed by atoms with Crippen LogP contribution in [0.15, 0.2) is 0 Å². The summed E-state index contributed by atoms with van der Waals surface area (Å²) in [5.41, 5.74) is 0. The van der Waals surface area contributed by atoms with Crippen molar-refractivity contribution in [3.63, 3.8) is 0 Å². The fourth-order valence-electron chi connectivity index (χ4n) is 0.798. The van der Waals surface area contributed by atoms with Crippen molar-refractivity contribution in [1.29, 1.82) is 0 Å². The van der Waals surface area contributed by atoms with Crippen LogP contribution in [0.5, 0.6) is 0 Å². The maximum Gasteiger partial charge on any atom is 0.324 e. The Morgan fingerprint density at radius 3 is 2.50 bits per heavy atom. The van der Waals surface area contributed by atoms with Gasteiger partial charge in [0.25, 0.3) is 0 Å². The van der Waals surface area contributed by atoms with Crippen LogP contribution in [-0.2, 0) is 20.6 Å². The van der Waals surface area contributed by atoms with Crippen LogP contribution in [0.1, 0.15) is 26.7 Å². The summed E-state index contributed by atoms with van der Waals surface area (Å²) < 4.78 is 24.0. The Bertz CT molecular complexity index is 169. The molecule has 0 amide bonds. The Balaban J connectivity index is 4.09. The molecule has 72 valence electrons. The summed E-state index contributed by atoms with van der Waals surface area (Å²) in [6, 6.07) is 0. The van der Waals surface area contributed by atoms with Crippen LogP contribution in [0.2, 0.25) is 0 Å². The molecule has 2 atom stereocenters. The monoisotopic (exact) mass is 194 g/mol. The van der Waals surface area contributed by atoms with Crippen molar-refractivity contribution in [2.75, 3.05) is 6.61 Å². The molecular formula is C7H14O4S. The maximum atomic E-state index is 11.0. The number of esters is 1. The van der Waals surface area contributed by atoms with Crippen LogP contribution in [0.25, 0.3) is 0 Å². The minimum Gasteiger partial charge on any atom is -0.465 e. The molecule has 4 nitrogen and oxygen atoms in total. The molecule has 2 unspecified atom stereocenters. The first kappa shape index (κ1) is 11.6. The molecule has 0 aliphatic rings. The second-order valence-electron chi connectivity index (χ2n) is 2.31. The van der Waals surface area contributed by atoms with E-state index in [2.05, 4.69) is 4.74 Å². The molecule has 12 heavy (non-hydrogen) atoms. The summed E-state index contributed by atoms with van der Waals surface area (Å²) >= 11 is -2.11. The fourth-order valence-corrected chi connectivity index (χ4v) is 1.47. The topological polar surface area (TPSA) is 63.6 Å². The molecule has 0 rings (SSSR count). The molecule has 0 radical (unpaired) electrons. The van der Waals surface area contributed by atoms with Gasteiger partial charge in [-0.3, -0.25) is 4.79 Å². The minimum absolute atomic E-state index is 0.246. The molecule has 0 saturated carbocycles. The Morgan fingerprint density at radius 1 is 1.58 bits per heavy atom. The molecule has 0 heterocycles. The number of hydrogen-bond acceptors (Lipinski definition) is 3. The van der Waals surface area contributed by atoms with Gasteiger partial charge in [-0.25, -0.2) is 4.21 Å². The molecule has 0 bridgehead atoms. The van der Waals surface area contributed by atoms with Crippen LogP contribution in [0.4, 0.5) is 0 Å². The smallest absolute Gasteiger partial charge is 0.324 e. The molecule has 0 saturated heterocycles. The van der Waals surface area contributed by atoms with Crippen molar-refractivity contribution in [3.8, 4) is 0 Å². The molecule has 5 heteroatoms. The van der Waals surface area contributed by atoms with Gasteiger partial charge < -0.3 is 9.29 Å². The van der Waals surface area contributed by atoms with E-state index in [4.69, 9.17) is 4.55 Å². The van der Waals surface area contributed by atoms with Gasteiger partial charge in [0.05, 0.1) is 6.61 Å². The van der Waals surface area contributed by atoms with Gasteiger partial charge in [0.2, 0.25) is 0 Å². The molecule has 0 spiro atoms. The number of hydrogen-bond donors (Lipinski definition) is 1. The molecule has 0 aromatic heterocycles. The van der Waals surface area contributed by atoms with Crippen LogP contribution in [-0.4, -0.2) is 26.6 Å². The lowest BCUT2D eigenvalue weighted by Gasteiger charge is -2.09. The average Bonchev–Trinajstić information content (AvgIpc) is 1.99. The minimum atomic E-state index is -2.11. The van der Waals surface area contributed by atoms with Gasteiger partial charge in [-0.05, 0) is 13.3 Å². The molecule has 0 aromatic rings. The van der Waals surface area contributed by atoms with Crippen LogP contribution < -0.4 is 0 Å². The zero-order chi connectivity index (χ0) is 9.56. The lowest BCUT2D eigenvalue weighted by Crippen LogP contribution is -2.27. The summed E-state index contributed by atoms with van der Waals surface area (Å²) in [4.78, 5) is 11.0. The highest BCUT2D eigenvalue weighted by Gasteiger charge is 2.24. The predicted molar refractivity (Wildman–Crippen MR) is 46.1 cm³/mol. The van der Waals surface area contributed by atoms with Gasteiger partial charge in [0.15, 0.2) is 16.3 Å². The van der Waals surface area contributed by atoms with Crippen LogP contribution in [0, 0.1) is 0 Å². The zero-order valence-electron chi connectivity index (χ0n) is 7.28. The van der Waals surface area contributed by atoms with E-state index in [1.54, 1.807) is 6.92 Å². The second kappa shape index (κ2) is 6.14. The maximum absolute atomic E-state index is 11.0. The normalized spacial score (nSPS) is 15.2. The summed E-state index contributed by atoms with van der Waals surface area (Å²) in [5.74, 6) is -0.583. The van der Waals surface area contributed by atoms with Gasteiger partial charge in [-0.1, -0.05) is 13.3 Å². The highest BCUT2D eigenvalue weighted by atomic mass is 32.2. The van der Waals surface area contributed by atoms with Crippen molar-refractivity contribution < 1.29 is 18.3 Å². The first-order valence-corrected chi connectivity index (χ1v) is 5.06. The van der Waals surface area contributed by atoms with Gasteiger partial charge in [-0.15, -0.1) is 0 Å². The van der Waals surface area contributed by atoms with E-state index in [9.17, 15) is 9.00 Å². The third kappa shape index (κ3) is 3.82. The Labute approximate surface area is 74.6 Å². The van der Waals surface area contributed by atoms with Gasteiger partial charge in [0, 0.05) is 0 Å². The summed E-state index contributed by atoms with van der Waals surface area (Å²) in [6.07, 6.45) is 1.08. The van der Waals surface area contributed by atoms with E-state index in [0.717, 1.165) is 0 Å². The Morgan fingerprint density at radius 2 is 2.17 bits per heavy atom. The molecule has 0 fully saturated rings. The van der Waals surface area contributed by atoms with E-state index in [0.29, 0.717) is 12.8 Å².